The number of hydrazine groups is 1. The van der Waals surface area contributed by atoms with Gasteiger partial charge in [-0.3, -0.25) is 11.3 Å². The van der Waals surface area contributed by atoms with Crippen molar-refractivity contribution in [2.45, 2.75) is 78.7 Å². The van der Waals surface area contributed by atoms with Crippen LogP contribution < -0.4 is 11.3 Å². The molecule has 0 heterocycles. The summed E-state index contributed by atoms with van der Waals surface area (Å²) in [4.78, 5) is 0. The minimum atomic E-state index is 0.523. The number of hydrogen-bond donors (Lipinski definition) is 2. The fraction of sp³-hybridized carbons (Fsp3) is 1.00. The van der Waals surface area contributed by atoms with Crippen LogP contribution in [-0.4, -0.2) is 6.04 Å². The van der Waals surface area contributed by atoms with E-state index in [1.807, 2.05) is 0 Å². The van der Waals surface area contributed by atoms with E-state index in [0.29, 0.717) is 6.04 Å². The van der Waals surface area contributed by atoms with E-state index in [2.05, 4.69) is 33.1 Å². The van der Waals surface area contributed by atoms with Crippen LogP contribution in [0.1, 0.15) is 72.6 Å². The minimum Gasteiger partial charge on any atom is -0.271 e. The van der Waals surface area contributed by atoms with Gasteiger partial charge < -0.3 is 0 Å². The maximum Gasteiger partial charge on any atom is 0.0238 e. The van der Waals surface area contributed by atoms with Crippen molar-refractivity contribution in [2.75, 3.05) is 0 Å². The lowest BCUT2D eigenvalue weighted by Crippen LogP contribution is -2.40. The second-order valence-corrected chi connectivity index (χ2v) is 5.41. The van der Waals surface area contributed by atoms with Crippen molar-refractivity contribution in [1.82, 2.24) is 5.43 Å². The predicted molar refractivity (Wildman–Crippen MR) is 73.1 cm³/mol. The molecule has 98 valence electrons. The number of nitrogens with one attached hydrogen (secondary N) is 1. The molecule has 3 N–H and O–H groups in total. The van der Waals surface area contributed by atoms with Gasteiger partial charge in [-0.1, -0.05) is 59.8 Å². The summed E-state index contributed by atoms with van der Waals surface area (Å²) in [6.45, 7) is 9.13. The molecule has 0 amide bonds. The SMILES string of the molecule is CCCCC(CC)C(CCCC(C)C)NN. The van der Waals surface area contributed by atoms with Crippen LogP contribution in [0.15, 0.2) is 0 Å². The molecule has 0 aliphatic heterocycles. The summed E-state index contributed by atoms with van der Waals surface area (Å²) in [5.74, 6) is 7.26. The smallest absolute Gasteiger partial charge is 0.0238 e. The van der Waals surface area contributed by atoms with Crippen molar-refractivity contribution in [1.29, 1.82) is 0 Å². The van der Waals surface area contributed by atoms with Gasteiger partial charge in [0.05, 0.1) is 0 Å². The zero-order chi connectivity index (χ0) is 12.4. The van der Waals surface area contributed by atoms with Gasteiger partial charge in [-0.05, 0) is 24.7 Å². The van der Waals surface area contributed by atoms with E-state index in [-0.39, 0.29) is 0 Å². The van der Waals surface area contributed by atoms with Crippen molar-refractivity contribution < 1.29 is 0 Å². The highest BCUT2D eigenvalue weighted by atomic mass is 15.2. The first-order valence-electron chi connectivity index (χ1n) is 7.11. The normalized spacial score (nSPS) is 15.4. The fourth-order valence-electron chi connectivity index (χ4n) is 2.36. The van der Waals surface area contributed by atoms with Crippen molar-refractivity contribution in [3.63, 3.8) is 0 Å². The third-order valence-corrected chi connectivity index (χ3v) is 3.53. The Kier molecular flexibility index (Phi) is 10.0. The second-order valence-electron chi connectivity index (χ2n) is 5.41. The Balaban J connectivity index is 3.91. The molecule has 16 heavy (non-hydrogen) atoms. The maximum atomic E-state index is 5.69. The highest BCUT2D eigenvalue weighted by Crippen LogP contribution is 2.21. The molecule has 0 saturated carbocycles. The standard InChI is InChI=1S/C14H32N2/c1-5-7-10-13(6-2)14(16-15)11-8-9-12(3)4/h12-14,16H,5-11,15H2,1-4H3. The Morgan fingerprint density at radius 1 is 1.00 bits per heavy atom. The summed E-state index contributed by atoms with van der Waals surface area (Å²) in [6.07, 6.45) is 9.05. The average molecular weight is 228 g/mol. The van der Waals surface area contributed by atoms with Crippen LogP contribution in [0.2, 0.25) is 0 Å². The van der Waals surface area contributed by atoms with Crippen LogP contribution in [0.5, 0.6) is 0 Å². The molecule has 0 aliphatic rings. The average Bonchev–Trinajstić information content (AvgIpc) is 2.27. The second kappa shape index (κ2) is 10.1. The molecule has 0 saturated heterocycles. The molecule has 0 aromatic heterocycles. The van der Waals surface area contributed by atoms with E-state index in [1.54, 1.807) is 0 Å². The molecular formula is C14H32N2. The molecule has 0 radical (unpaired) electrons. The molecule has 0 rings (SSSR count). The summed E-state index contributed by atoms with van der Waals surface area (Å²) in [5.41, 5.74) is 3.04. The van der Waals surface area contributed by atoms with Gasteiger partial charge in [0.15, 0.2) is 0 Å². The molecule has 0 aliphatic carbocycles. The Hall–Kier alpha value is -0.0800. The van der Waals surface area contributed by atoms with Gasteiger partial charge in [0.2, 0.25) is 0 Å². The minimum absolute atomic E-state index is 0.523. The van der Waals surface area contributed by atoms with Crippen LogP contribution >= 0.6 is 0 Å². The van der Waals surface area contributed by atoms with Crippen molar-refractivity contribution in [3.8, 4) is 0 Å². The van der Waals surface area contributed by atoms with Crippen LogP contribution in [0.25, 0.3) is 0 Å². The first-order valence-corrected chi connectivity index (χ1v) is 7.11. The Morgan fingerprint density at radius 2 is 1.69 bits per heavy atom. The number of nitrogens with two attached hydrogens (primary N) is 1. The van der Waals surface area contributed by atoms with Gasteiger partial charge in [0.1, 0.15) is 0 Å². The highest BCUT2D eigenvalue weighted by molar-refractivity contribution is 4.73. The molecule has 2 atom stereocenters. The van der Waals surface area contributed by atoms with Gasteiger partial charge in [0, 0.05) is 6.04 Å². The molecule has 0 aromatic rings. The summed E-state index contributed by atoms with van der Waals surface area (Å²) >= 11 is 0. The Morgan fingerprint density at radius 3 is 2.12 bits per heavy atom. The molecule has 0 bridgehead atoms. The third-order valence-electron chi connectivity index (χ3n) is 3.53. The molecule has 2 unspecified atom stereocenters. The first kappa shape index (κ1) is 15.9. The maximum absolute atomic E-state index is 5.69. The van der Waals surface area contributed by atoms with Crippen molar-refractivity contribution in [3.05, 3.63) is 0 Å². The van der Waals surface area contributed by atoms with E-state index in [9.17, 15) is 0 Å². The van der Waals surface area contributed by atoms with Crippen LogP contribution in [0.4, 0.5) is 0 Å². The highest BCUT2D eigenvalue weighted by Gasteiger charge is 2.17. The van der Waals surface area contributed by atoms with Gasteiger partial charge in [-0.25, -0.2) is 0 Å². The molecule has 0 fully saturated rings. The van der Waals surface area contributed by atoms with Gasteiger partial charge in [-0.2, -0.15) is 0 Å². The molecule has 2 heteroatoms. The fourth-order valence-corrected chi connectivity index (χ4v) is 2.36. The lowest BCUT2D eigenvalue weighted by atomic mass is 9.88. The lowest BCUT2D eigenvalue weighted by Gasteiger charge is -2.26. The van der Waals surface area contributed by atoms with E-state index in [1.165, 1.54) is 44.9 Å². The zero-order valence-electron chi connectivity index (χ0n) is 11.8. The van der Waals surface area contributed by atoms with Gasteiger partial charge in [0.25, 0.3) is 0 Å². The first-order chi connectivity index (χ1) is 7.65. The lowest BCUT2D eigenvalue weighted by molar-refractivity contribution is 0.295. The summed E-state index contributed by atoms with van der Waals surface area (Å²) < 4.78 is 0. The largest absolute Gasteiger partial charge is 0.271 e. The molecule has 2 nitrogen and oxygen atoms in total. The molecule has 0 aromatic carbocycles. The monoisotopic (exact) mass is 228 g/mol. The summed E-state index contributed by atoms with van der Waals surface area (Å²) in [7, 11) is 0. The number of unbranched alkanes of at least 4 members (excludes halogenated alkanes) is 1. The van der Waals surface area contributed by atoms with E-state index < -0.39 is 0 Å². The zero-order valence-corrected chi connectivity index (χ0v) is 11.8. The van der Waals surface area contributed by atoms with E-state index >= 15 is 0 Å². The van der Waals surface area contributed by atoms with Gasteiger partial charge in [-0.15, -0.1) is 0 Å². The van der Waals surface area contributed by atoms with E-state index in [4.69, 9.17) is 5.84 Å². The van der Waals surface area contributed by atoms with Gasteiger partial charge >= 0.3 is 0 Å². The third kappa shape index (κ3) is 7.24. The van der Waals surface area contributed by atoms with E-state index in [0.717, 1.165) is 11.8 Å². The number of hydrogen-bond acceptors (Lipinski definition) is 2. The topological polar surface area (TPSA) is 38.0 Å². The summed E-state index contributed by atoms with van der Waals surface area (Å²) in [5, 5.41) is 0. The Bertz CT molecular complexity index is 146. The van der Waals surface area contributed by atoms with Crippen LogP contribution in [0, 0.1) is 11.8 Å². The van der Waals surface area contributed by atoms with Crippen molar-refractivity contribution in [2.24, 2.45) is 17.7 Å². The van der Waals surface area contributed by atoms with Crippen LogP contribution in [0.3, 0.4) is 0 Å². The molecule has 0 spiro atoms. The summed E-state index contributed by atoms with van der Waals surface area (Å²) in [6, 6.07) is 0.523. The quantitative estimate of drug-likeness (QED) is 0.440. The van der Waals surface area contributed by atoms with Crippen LogP contribution in [-0.2, 0) is 0 Å². The van der Waals surface area contributed by atoms with Crippen molar-refractivity contribution >= 4 is 0 Å². The number of rotatable bonds is 10. The predicted octanol–water partition coefficient (Wildman–Crippen LogP) is 3.86. The Labute approximate surface area is 102 Å². The molecular weight excluding hydrogens is 196 g/mol.